The molecule has 0 spiro atoms. The Hall–Kier alpha value is -2.50. The molecular formula is C22H19NO3S. The molecule has 0 amide bonds. The number of rotatable bonds is 2. The van der Waals surface area contributed by atoms with Gasteiger partial charge in [0.1, 0.15) is 5.76 Å². The van der Waals surface area contributed by atoms with Gasteiger partial charge >= 0.3 is 5.63 Å². The first kappa shape index (κ1) is 16.7. The van der Waals surface area contributed by atoms with Gasteiger partial charge in [-0.3, -0.25) is 0 Å². The number of benzene rings is 2. The van der Waals surface area contributed by atoms with Crippen LogP contribution in [-0.4, -0.2) is 26.3 Å². The summed E-state index contributed by atoms with van der Waals surface area (Å²) in [5, 5.41) is 0. The zero-order valence-electron chi connectivity index (χ0n) is 14.8. The molecule has 0 unspecified atom stereocenters. The molecule has 5 rings (SSSR count). The van der Waals surface area contributed by atoms with Crippen molar-refractivity contribution in [3.8, 4) is 22.5 Å². The van der Waals surface area contributed by atoms with Crippen LogP contribution in [0.15, 0.2) is 68.7 Å². The largest absolute Gasteiger partial charge is 0.422 e. The van der Waals surface area contributed by atoms with Crippen LogP contribution in [0.5, 0.6) is 0 Å². The Morgan fingerprint density at radius 2 is 1.67 bits per heavy atom. The Morgan fingerprint density at radius 1 is 0.926 bits per heavy atom. The highest BCUT2D eigenvalue weighted by molar-refractivity contribution is 7.98. The lowest BCUT2D eigenvalue weighted by Gasteiger charge is -2.33. The third kappa shape index (κ3) is 2.87. The van der Waals surface area contributed by atoms with Gasteiger partial charge in [-0.1, -0.05) is 48.5 Å². The minimum atomic E-state index is -0.275. The van der Waals surface area contributed by atoms with Crippen LogP contribution in [0.3, 0.4) is 0 Å². The van der Waals surface area contributed by atoms with E-state index in [9.17, 15) is 4.79 Å². The van der Waals surface area contributed by atoms with Gasteiger partial charge in [-0.25, -0.2) is 4.79 Å². The molecule has 1 saturated heterocycles. The number of morpholine rings is 1. The number of anilines is 1. The molecule has 0 bridgehead atoms. The monoisotopic (exact) mass is 377 g/mol. The van der Waals surface area contributed by atoms with Gasteiger partial charge in [0.2, 0.25) is 0 Å². The molecule has 0 N–H and O–H groups in total. The highest BCUT2D eigenvalue weighted by atomic mass is 32.2. The van der Waals surface area contributed by atoms with Crippen molar-refractivity contribution in [2.24, 2.45) is 0 Å². The van der Waals surface area contributed by atoms with Crippen molar-refractivity contribution in [2.75, 3.05) is 31.2 Å². The second-order valence-corrected chi connectivity index (χ2v) is 7.69. The van der Waals surface area contributed by atoms with E-state index in [1.165, 1.54) is 0 Å². The topological polar surface area (TPSA) is 42.7 Å². The van der Waals surface area contributed by atoms with Gasteiger partial charge in [0.25, 0.3) is 0 Å². The Morgan fingerprint density at radius 3 is 2.48 bits per heavy atom. The molecule has 0 aliphatic carbocycles. The van der Waals surface area contributed by atoms with Crippen molar-refractivity contribution in [1.82, 2.24) is 0 Å². The van der Waals surface area contributed by atoms with E-state index in [-0.39, 0.29) is 5.63 Å². The van der Waals surface area contributed by atoms with E-state index in [2.05, 4.69) is 11.0 Å². The molecule has 27 heavy (non-hydrogen) atoms. The highest BCUT2D eigenvalue weighted by Crippen LogP contribution is 2.46. The maximum Gasteiger partial charge on any atom is 0.346 e. The van der Waals surface area contributed by atoms with E-state index < -0.39 is 0 Å². The molecule has 2 aromatic carbocycles. The third-order valence-corrected chi connectivity index (χ3v) is 6.19. The zero-order chi connectivity index (χ0) is 18.2. The zero-order valence-corrected chi connectivity index (χ0v) is 15.6. The molecule has 0 radical (unpaired) electrons. The van der Waals surface area contributed by atoms with Crippen molar-refractivity contribution in [3.05, 3.63) is 70.6 Å². The Kier molecular flexibility index (Phi) is 4.26. The van der Waals surface area contributed by atoms with E-state index in [0.29, 0.717) is 18.8 Å². The molecule has 3 heterocycles. The van der Waals surface area contributed by atoms with Gasteiger partial charge in [-0.05, 0) is 11.6 Å². The number of hydrogen-bond acceptors (Lipinski definition) is 5. The number of fused-ring (bicyclic) bond motifs is 3. The first-order valence-corrected chi connectivity index (χ1v) is 10.1. The maximum absolute atomic E-state index is 13.1. The summed E-state index contributed by atoms with van der Waals surface area (Å²) in [4.78, 5) is 16.6. The molecule has 4 nitrogen and oxygen atoms in total. The fourth-order valence-corrected chi connectivity index (χ4v) is 4.90. The quantitative estimate of drug-likeness (QED) is 0.662. The van der Waals surface area contributed by atoms with Crippen molar-refractivity contribution >= 4 is 17.4 Å². The molecule has 1 aromatic heterocycles. The summed E-state index contributed by atoms with van der Waals surface area (Å²) in [5.74, 6) is 1.51. The second kappa shape index (κ2) is 6.91. The van der Waals surface area contributed by atoms with Crippen LogP contribution in [0.2, 0.25) is 0 Å². The van der Waals surface area contributed by atoms with Crippen LogP contribution in [0.25, 0.3) is 22.5 Å². The molecule has 2 aliphatic rings. The molecule has 2 aliphatic heterocycles. The Bertz CT molecular complexity index is 1040. The van der Waals surface area contributed by atoms with E-state index in [1.807, 2.05) is 48.5 Å². The fraction of sp³-hybridized carbons (Fsp3) is 0.227. The summed E-state index contributed by atoms with van der Waals surface area (Å²) in [6.45, 7) is 2.91. The third-order valence-electron chi connectivity index (χ3n) is 5.09. The van der Waals surface area contributed by atoms with Crippen LogP contribution >= 0.6 is 11.8 Å². The predicted octanol–water partition coefficient (Wildman–Crippen LogP) is 4.42. The summed E-state index contributed by atoms with van der Waals surface area (Å²) in [7, 11) is 0. The number of nitrogens with zero attached hydrogens (tertiary/aromatic N) is 1. The van der Waals surface area contributed by atoms with Gasteiger partial charge < -0.3 is 14.1 Å². The summed E-state index contributed by atoms with van der Waals surface area (Å²) in [6, 6.07) is 18.0. The molecule has 0 saturated carbocycles. The van der Waals surface area contributed by atoms with E-state index >= 15 is 0 Å². The van der Waals surface area contributed by atoms with Crippen LogP contribution in [0.4, 0.5) is 5.69 Å². The first-order chi connectivity index (χ1) is 13.3. The van der Waals surface area contributed by atoms with Gasteiger partial charge in [0.15, 0.2) is 0 Å². The molecule has 3 aromatic rings. The van der Waals surface area contributed by atoms with Crippen LogP contribution in [-0.2, 0) is 10.5 Å². The number of thioether (sulfide) groups is 1. The Balaban J connectivity index is 1.80. The van der Waals surface area contributed by atoms with Crippen molar-refractivity contribution < 1.29 is 9.15 Å². The van der Waals surface area contributed by atoms with Crippen molar-refractivity contribution in [2.45, 2.75) is 10.6 Å². The minimum Gasteiger partial charge on any atom is -0.422 e. The maximum atomic E-state index is 13.1. The van der Waals surface area contributed by atoms with E-state index in [0.717, 1.165) is 51.9 Å². The Labute approximate surface area is 161 Å². The smallest absolute Gasteiger partial charge is 0.346 e. The van der Waals surface area contributed by atoms with Gasteiger partial charge in [0.05, 0.1) is 24.5 Å². The molecule has 0 atom stereocenters. The summed E-state index contributed by atoms with van der Waals surface area (Å²) in [5.41, 5.74) is 4.42. The normalized spacial score (nSPS) is 15.9. The molecular weight excluding hydrogens is 358 g/mol. The van der Waals surface area contributed by atoms with Gasteiger partial charge in [-0.15, -0.1) is 11.8 Å². The SMILES string of the molecule is O=c1oc2c(c(N3CCOCC3)c1-c1ccccc1)CSc1ccccc1-2. The van der Waals surface area contributed by atoms with Crippen LogP contribution < -0.4 is 10.5 Å². The average molecular weight is 377 g/mol. The van der Waals surface area contributed by atoms with Crippen molar-refractivity contribution in [1.29, 1.82) is 0 Å². The average Bonchev–Trinajstić information content (AvgIpc) is 2.74. The number of ether oxygens (including phenoxy) is 1. The van der Waals surface area contributed by atoms with Gasteiger partial charge in [0, 0.05) is 34.9 Å². The lowest BCUT2D eigenvalue weighted by atomic mass is 9.98. The standard InChI is InChI=1S/C22H19NO3S/c24-22-19(15-6-2-1-3-7-15)20(23-10-12-25-13-11-23)17-14-27-18-9-5-4-8-16(18)21(17)26-22/h1-9H,10-14H2. The molecule has 5 heteroatoms. The van der Waals surface area contributed by atoms with E-state index in [4.69, 9.17) is 9.15 Å². The lowest BCUT2D eigenvalue weighted by Crippen LogP contribution is -2.38. The van der Waals surface area contributed by atoms with Crippen LogP contribution in [0, 0.1) is 0 Å². The highest BCUT2D eigenvalue weighted by Gasteiger charge is 2.30. The van der Waals surface area contributed by atoms with Gasteiger partial charge in [-0.2, -0.15) is 0 Å². The molecule has 136 valence electrons. The first-order valence-electron chi connectivity index (χ1n) is 9.13. The fourth-order valence-electron chi connectivity index (χ4n) is 3.84. The minimum absolute atomic E-state index is 0.275. The molecule has 1 fully saturated rings. The predicted molar refractivity (Wildman–Crippen MR) is 108 cm³/mol. The number of hydrogen-bond donors (Lipinski definition) is 0. The summed E-state index contributed by atoms with van der Waals surface area (Å²) in [6.07, 6.45) is 0. The second-order valence-electron chi connectivity index (χ2n) is 6.67. The van der Waals surface area contributed by atoms with Crippen LogP contribution in [0.1, 0.15) is 5.56 Å². The summed E-state index contributed by atoms with van der Waals surface area (Å²) >= 11 is 1.80. The van der Waals surface area contributed by atoms with E-state index in [1.54, 1.807) is 11.8 Å². The lowest BCUT2D eigenvalue weighted by molar-refractivity contribution is 0.122. The van der Waals surface area contributed by atoms with Crippen molar-refractivity contribution in [3.63, 3.8) is 0 Å². The summed E-state index contributed by atoms with van der Waals surface area (Å²) < 4.78 is 11.5.